The molecule has 0 fully saturated rings. The third-order valence-electron chi connectivity index (χ3n) is 2.69. The van der Waals surface area contributed by atoms with E-state index in [9.17, 15) is 8.42 Å². The average molecular weight is 352 g/mol. The van der Waals surface area contributed by atoms with Crippen molar-refractivity contribution < 1.29 is 8.42 Å². The van der Waals surface area contributed by atoms with Gasteiger partial charge in [-0.2, -0.15) is 0 Å². The molecule has 0 radical (unpaired) electrons. The van der Waals surface area contributed by atoms with Crippen LogP contribution in [0.4, 0.5) is 5.69 Å². The predicted octanol–water partition coefficient (Wildman–Crippen LogP) is 4.17. The summed E-state index contributed by atoms with van der Waals surface area (Å²) in [6.45, 7) is 1.85. The molecular weight excluding hydrogens is 338 g/mol. The summed E-state index contributed by atoms with van der Waals surface area (Å²) in [6.07, 6.45) is 1.57. The lowest BCUT2D eigenvalue weighted by Crippen LogP contribution is -2.09. The minimum Gasteiger partial charge on any atom is -0.280 e. The number of hydrogen-bond acceptors (Lipinski definition) is 2. The average Bonchev–Trinajstić information content (AvgIpc) is 2.42. The number of aryl methyl sites for hydroxylation is 1. The molecule has 0 amide bonds. The quantitative estimate of drug-likeness (QED) is 0.898. The lowest BCUT2D eigenvalue weighted by molar-refractivity contribution is 0.609. The molecule has 2 rings (SSSR count). The summed E-state index contributed by atoms with van der Waals surface area (Å²) in [5.41, 5.74) is 2.27. The molecule has 0 bridgehead atoms. The number of halogens is 1. The van der Waals surface area contributed by atoms with E-state index in [4.69, 9.17) is 0 Å². The third-order valence-corrected chi connectivity index (χ3v) is 4.18. The van der Waals surface area contributed by atoms with E-state index in [1.807, 2.05) is 49.4 Å². The highest BCUT2D eigenvalue weighted by Gasteiger charge is 2.08. The number of anilines is 1. The summed E-state index contributed by atoms with van der Waals surface area (Å²) in [5, 5.41) is 1.17. The number of hydrogen-bond donors (Lipinski definition) is 1. The fourth-order valence-corrected chi connectivity index (χ4v) is 2.92. The van der Waals surface area contributed by atoms with E-state index in [-0.39, 0.29) is 0 Å². The first-order valence-corrected chi connectivity index (χ1v) is 8.32. The maximum atomic E-state index is 12.0. The Balaban J connectivity index is 2.19. The van der Waals surface area contributed by atoms with Crippen molar-refractivity contribution in [3.05, 3.63) is 69.5 Å². The van der Waals surface area contributed by atoms with E-state index in [0.29, 0.717) is 5.69 Å². The SMILES string of the molecule is Cc1ccc(Br)cc1NS(=O)(=O)/C=C/c1ccccc1. The van der Waals surface area contributed by atoms with E-state index >= 15 is 0 Å². The molecular formula is C15H14BrNO2S. The Morgan fingerprint density at radius 3 is 2.50 bits per heavy atom. The summed E-state index contributed by atoms with van der Waals surface area (Å²) in [6, 6.07) is 14.7. The molecule has 5 heteroatoms. The molecule has 0 heterocycles. The zero-order valence-corrected chi connectivity index (χ0v) is 13.3. The molecule has 2 aromatic carbocycles. The van der Waals surface area contributed by atoms with Gasteiger partial charge < -0.3 is 0 Å². The Labute approximate surface area is 127 Å². The third kappa shape index (κ3) is 4.21. The maximum absolute atomic E-state index is 12.0. The van der Waals surface area contributed by atoms with E-state index < -0.39 is 10.0 Å². The molecule has 0 spiro atoms. The molecule has 0 saturated heterocycles. The molecule has 2 aromatic rings. The van der Waals surface area contributed by atoms with Gasteiger partial charge in [0.25, 0.3) is 10.0 Å². The van der Waals surface area contributed by atoms with Crippen molar-refractivity contribution in [2.45, 2.75) is 6.92 Å². The minimum atomic E-state index is -3.52. The second-order valence-electron chi connectivity index (χ2n) is 4.32. The lowest BCUT2D eigenvalue weighted by atomic mass is 10.2. The highest BCUT2D eigenvalue weighted by Crippen LogP contribution is 2.22. The minimum absolute atomic E-state index is 0.567. The van der Waals surface area contributed by atoms with Crippen molar-refractivity contribution in [1.29, 1.82) is 0 Å². The monoisotopic (exact) mass is 351 g/mol. The fourth-order valence-electron chi connectivity index (χ4n) is 1.62. The first-order chi connectivity index (χ1) is 9.46. The van der Waals surface area contributed by atoms with Crippen molar-refractivity contribution in [3.63, 3.8) is 0 Å². The zero-order chi connectivity index (χ0) is 14.6. The molecule has 1 N–H and O–H groups in total. The normalized spacial score (nSPS) is 11.7. The van der Waals surface area contributed by atoms with Gasteiger partial charge in [0.15, 0.2) is 0 Å². The second kappa shape index (κ2) is 6.24. The second-order valence-corrected chi connectivity index (χ2v) is 6.80. The van der Waals surface area contributed by atoms with Crippen LogP contribution in [0, 0.1) is 6.92 Å². The largest absolute Gasteiger partial charge is 0.280 e. The Morgan fingerprint density at radius 2 is 1.80 bits per heavy atom. The Morgan fingerprint density at radius 1 is 1.10 bits per heavy atom. The smallest absolute Gasteiger partial charge is 0.255 e. The van der Waals surface area contributed by atoms with Crippen LogP contribution in [-0.4, -0.2) is 8.42 Å². The van der Waals surface area contributed by atoms with Gasteiger partial charge in [-0.15, -0.1) is 0 Å². The number of sulfonamides is 1. The van der Waals surface area contributed by atoms with Gasteiger partial charge in [-0.1, -0.05) is 52.3 Å². The first-order valence-electron chi connectivity index (χ1n) is 5.98. The van der Waals surface area contributed by atoms with Gasteiger partial charge in [0.2, 0.25) is 0 Å². The van der Waals surface area contributed by atoms with Crippen molar-refractivity contribution in [3.8, 4) is 0 Å². The number of nitrogens with one attached hydrogen (secondary N) is 1. The van der Waals surface area contributed by atoms with Crippen LogP contribution in [0.5, 0.6) is 0 Å². The molecule has 0 atom stereocenters. The van der Waals surface area contributed by atoms with Gasteiger partial charge in [0, 0.05) is 4.47 Å². The van der Waals surface area contributed by atoms with Crippen molar-refractivity contribution in [2.24, 2.45) is 0 Å². The molecule has 0 aromatic heterocycles. The topological polar surface area (TPSA) is 46.2 Å². The fraction of sp³-hybridized carbons (Fsp3) is 0.0667. The molecule has 0 aliphatic rings. The van der Waals surface area contributed by atoms with E-state index in [2.05, 4.69) is 20.7 Å². The van der Waals surface area contributed by atoms with Crippen LogP contribution in [0.15, 0.2) is 58.4 Å². The van der Waals surface area contributed by atoms with Crippen molar-refractivity contribution in [2.75, 3.05) is 4.72 Å². The van der Waals surface area contributed by atoms with Crippen molar-refractivity contribution >= 4 is 37.7 Å². The van der Waals surface area contributed by atoms with Gasteiger partial charge >= 0.3 is 0 Å². The molecule has 3 nitrogen and oxygen atoms in total. The highest BCUT2D eigenvalue weighted by atomic mass is 79.9. The molecule has 0 saturated carbocycles. The standard InChI is InChI=1S/C15H14BrNO2S/c1-12-7-8-14(16)11-15(12)17-20(18,19)10-9-13-5-3-2-4-6-13/h2-11,17H,1H3/b10-9+. The van der Waals surface area contributed by atoms with Crippen LogP contribution in [-0.2, 0) is 10.0 Å². The van der Waals surface area contributed by atoms with E-state index in [1.54, 1.807) is 12.1 Å². The number of benzene rings is 2. The van der Waals surface area contributed by atoms with E-state index in [1.165, 1.54) is 5.41 Å². The van der Waals surface area contributed by atoms with Crippen LogP contribution in [0.25, 0.3) is 6.08 Å². The van der Waals surface area contributed by atoms with Crippen LogP contribution in [0.3, 0.4) is 0 Å². The van der Waals surface area contributed by atoms with Crippen LogP contribution in [0.2, 0.25) is 0 Å². The molecule has 0 unspecified atom stereocenters. The molecule has 0 aliphatic carbocycles. The Hall–Kier alpha value is -1.59. The number of rotatable bonds is 4. The zero-order valence-electron chi connectivity index (χ0n) is 10.9. The Kier molecular flexibility index (Phi) is 4.62. The first kappa shape index (κ1) is 14.8. The summed E-state index contributed by atoms with van der Waals surface area (Å²) in [5.74, 6) is 0. The summed E-state index contributed by atoms with van der Waals surface area (Å²) in [7, 11) is -3.52. The van der Waals surface area contributed by atoms with E-state index in [0.717, 1.165) is 15.6 Å². The van der Waals surface area contributed by atoms with Gasteiger partial charge in [-0.3, -0.25) is 4.72 Å². The van der Waals surface area contributed by atoms with Gasteiger partial charge in [-0.25, -0.2) is 8.42 Å². The summed E-state index contributed by atoms with van der Waals surface area (Å²) in [4.78, 5) is 0. The van der Waals surface area contributed by atoms with Crippen molar-refractivity contribution in [1.82, 2.24) is 0 Å². The predicted molar refractivity (Wildman–Crippen MR) is 86.9 cm³/mol. The Bertz CT molecular complexity index is 725. The molecule has 20 heavy (non-hydrogen) atoms. The van der Waals surface area contributed by atoms with Gasteiger partial charge in [0.1, 0.15) is 0 Å². The summed E-state index contributed by atoms with van der Waals surface area (Å²) < 4.78 is 27.4. The lowest BCUT2D eigenvalue weighted by Gasteiger charge is -2.08. The van der Waals surface area contributed by atoms with Crippen LogP contribution in [0.1, 0.15) is 11.1 Å². The highest BCUT2D eigenvalue weighted by molar-refractivity contribution is 9.10. The van der Waals surface area contributed by atoms with Crippen LogP contribution < -0.4 is 4.72 Å². The van der Waals surface area contributed by atoms with Crippen LogP contribution >= 0.6 is 15.9 Å². The van der Waals surface area contributed by atoms with Gasteiger partial charge in [0.05, 0.1) is 11.1 Å². The summed E-state index contributed by atoms with van der Waals surface area (Å²) >= 11 is 3.33. The van der Waals surface area contributed by atoms with Gasteiger partial charge in [-0.05, 0) is 36.3 Å². The molecule has 0 aliphatic heterocycles. The maximum Gasteiger partial charge on any atom is 0.255 e. The molecule has 104 valence electrons.